The lowest BCUT2D eigenvalue weighted by Gasteiger charge is -2.21. The van der Waals surface area contributed by atoms with Gasteiger partial charge in [-0.3, -0.25) is 0 Å². The first kappa shape index (κ1) is 17.2. The third-order valence-electron chi connectivity index (χ3n) is 2.44. The van der Waals surface area contributed by atoms with E-state index >= 15 is 0 Å². The predicted octanol–water partition coefficient (Wildman–Crippen LogP) is 1.98. The van der Waals surface area contributed by atoms with Crippen LogP contribution in [0.3, 0.4) is 0 Å². The van der Waals surface area contributed by atoms with Gasteiger partial charge in [-0.1, -0.05) is 0 Å². The smallest absolute Gasteiger partial charge is 0.249 e. The van der Waals surface area contributed by atoms with E-state index in [9.17, 15) is 21.6 Å². The van der Waals surface area contributed by atoms with Gasteiger partial charge in [-0.25, -0.2) is 21.6 Å². The molecule has 1 aromatic carbocycles. The van der Waals surface area contributed by atoms with E-state index in [2.05, 4.69) is 0 Å². The molecule has 1 aromatic rings. The lowest BCUT2D eigenvalue weighted by atomic mass is 10.3. The Morgan fingerprint density at radius 2 is 1.75 bits per heavy atom. The highest BCUT2D eigenvalue weighted by Crippen LogP contribution is 2.23. The van der Waals surface area contributed by atoms with Crippen LogP contribution in [0.2, 0.25) is 0 Å². The number of halogens is 4. The van der Waals surface area contributed by atoms with Crippen LogP contribution in [0.5, 0.6) is 0 Å². The van der Waals surface area contributed by atoms with E-state index < -0.39 is 32.4 Å². The molecular weight excluding hydrogens is 319 g/mol. The Morgan fingerprint density at radius 1 is 1.20 bits per heavy atom. The van der Waals surface area contributed by atoms with Gasteiger partial charge in [-0.05, 0) is 0 Å². The second-order valence-corrected chi connectivity index (χ2v) is 6.04. The molecule has 0 fully saturated rings. The van der Waals surface area contributed by atoms with E-state index in [-0.39, 0.29) is 25.6 Å². The van der Waals surface area contributed by atoms with Gasteiger partial charge in [-0.2, -0.15) is 4.31 Å². The highest BCUT2D eigenvalue weighted by Gasteiger charge is 2.31. The number of hydrogen-bond acceptors (Lipinski definition) is 3. The molecule has 0 radical (unpaired) electrons. The summed E-state index contributed by atoms with van der Waals surface area (Å²) in [6.45, 7) is -0.244. The van der Waals surface area contributed by atoms with E-state index in [4.69, 9.17) is 16.3 Å². The average molecular weight is 332 g/mol. The summed E-state index contributed by atoms with van der Waals surface area (Å²) in [6, 6.07) is 0.621. The molecule has 0 aliphatic carbocycles. The van der Waals surface area contributed by atoms with Crippen molar-refractivity contribution < 1.29 is 26.3 Å². The van der Waals surface area contributed by atoms with Crippen molar-refractivity contribution in [1.82, 2.24) is 4.31 Å². The van der Waals surface area contributed by atoms with Gasteiger partial charge in [0, 0.05) is 38.2 Å². The van der Waals surface area contributed by atoms with Crippen LogP contribution < -0.4 is 0 Å². The molecule has 0 saturated heterocycles. The lowest BCUT2D eigenvalue weighted by molar-refractivity contribution is 0.180. The van der Waals surface area contributed by atoms with Crippen LogP contribution in [0.15, 0.2) is 17.0 Å². The number of hydrogen-bond donors (Lipinski definition) is 0. The number of sulfonamides is 1. The van der Waals surface area contributed by atoms with Gasteiger partial charge in [0.1, 0.15) is 17.5 Å². The number of methoxy groups -OCH3 is 1. The highest BCUT2D eigenvalue weighted by atomic mass is 35.5. The van der Waals surface area contributed by atoms with Gasteiger partial charge in [0.05, 0.1) is 6.61 Å². The van der Waals surface area contributed by atoms with Gasteiger partial charge in [0.25, 0.3) is 0 Å². The zero-order chi connectivity index (χ0) is 15.3. The SMILES string of the molecule is COCCN(CCCl)S(=O)(=O)c1c(F)cc(F)cc1F. The summed E-state index contributed by atoms with van der Waals surface area (Å²) in [5, 5.41) is 0. The summed E-state index contributed by atoms with van der Waals surface area (Å²) < 4.78 is 69.9. The molecule has 20 heavy (non-hydrogen) atoms. The molecule has 114 valence electrons. The Morgan fingerprint density at radius 3 is 2.20 bits per heavy atom. The molecule has 1 rings (SSSR count). The zero-order valence-corrected chi connectivity index (χ0v) is 12.1. The third-order valence-corrected chi connectivity index (χ3v) is 4.56. The monoisotopic (exact) mass is 331 g/mol. The number of nitrogens with zero attached hydrogens (tertiary/aromatic N) is 1. The van der Waals surface area contributed by atoms with Crippen molar-refractivity contribution in [2.24, 2.45) is 0 Å². The van der Waals surface area contributed by atoms with Crippen molar-refractivity contribution in [1.29, 1.82) is 0 Å². The fourth-order valence-corrected chi connectivity index (χ4v) is 3.36. The van der Waals surface area contributed by atoms with Crippen LogP contribution in [0, 0.1) is 17.5 Å². The molecule has 4 nitrogen and oxygen atoms in total. The van der Waals surface area contributed by atoms with Gasteiger partial charge < -0.3 is 4.74 Å². The van der Waals surface area contributed by atoms with Crippen molar-refractivity contribution in [3.8, 4) is 0 Å². The normalized spacial score (nSPS) is 12.1. The Balaban J connectivity index is 3.26. The largest absolute Gasteiger partial charge is 0.383 e. The second-order valence-electron chi connectivity index (χ2n) is 3.78. The minimum Gasteiger partial charge on any atom is -0.383 e. The Labute approximate surface area is 120 Å². The van der Waals surface area contributed by atoms with E-state index in [1.807, 2.05) is 0 Å². The molecule has 0 aliphatic rings. The molecule has 9 heteroatoms. The topological polar surface area (TPSA) is 46.6 Å². The van der Waals surface area contributed by atoms with Crippen LogP contribution >= 0.6 is 11.6 Å². The summed E-state index contributed by atoms with van der Waals surface area (Å²) in [6.07, 6.45) is 0. The van der Waals surface area contributed by atoms with Crippen molar-refractivity contribution in [3.63, 3.8) is 0 Å². The average Bonchev–Trinajstić information content (AvgIpc) is 2.32. The van der Waals surface area contributed by atoms with Gasteiger partial charge >= 0.3 is 0 Å². The van der Waals surface area contributed by atoms with E-state index in [1.165, 1.54) is 7.11 Å². The zero-order valence-electron chi connectivity index (χ0n) is 10.6. The molecule has 0 N–H and O–H groups in total. The molecule has 0 aliphatic heterocycles. The first-order valence-corrected chi connectivity index (χ1v) is 7.51. The second kappa shape index (κ2) is 7.26. The molecule has 0 bridgehead atoms. The van der Waals surface area contributed by atoms with Crippen molar-refractivity contribution in [2.75, 3.05) is 32.7 Å². The van der Waals surface area contributed by atoms with Crippen LogP contribution in [0.4, 0.5) is 13.2 Å². The fourth-order valence-electron chi connectivity index (χ4n) is 1.54. The maximum Gasteiger partial charge on any atom is 0.249 e. The lowest BCUT2D eigenvalue weighted by Crippen LogP contribution is -2.36. The molecule has 0 spiro atoms. The minimum absolute atomic E-state index is 0.0283. The van der Waals surface area contributed by atoms with Gasteiger partial charge in [-0.15, -0.1) is 11.6 Å². The van der Waals surface area contributed by atoms with Crippen LogP contribution in [0.25, 0.3) is 0 Å². The van der Waals surface area contributed by atoms with Gasteiger partial charge in [0.15, 0.2) is 4.90 Å². The molecule has 0 saturated carbocycles. The maximum absolute atomic E-state index is 13.6. The van der Waals surface area contributed by atoms with E-state index in [0.717, 1.165) is 4.31 Å². The summed E-state index contributed by atoms with van der Waals surface area (Å²) in [5.41, 5.74) is 0. The van der Waals surface area contributed by atoms with E-state index in [0.29, 0.717) is 12.1 Å². The third kappa shape index (κ3) is 3.85. The predicted molar refractivity (Wildman–Crippen MR) is 67.7 cm³/mol. The maximum atomic E-state index is 13.6. The molecule has 0 atom stereocenters. The Kier molecular flexibility index (Phi) is 6.25. The minimum atomic E-state index is -4.46. The number of ether oxygens (including phenoxy) is 1. The summed E-state index contributed by atoms with van der Waals surface area (Å²) >= 11 is 5.48. The molecule has 0 heterocycles. The molecular formula is C11H13ClF3NO3S. The van der Waals surface area contributed by atoms with Crippen LogP contribution in [-0.2, 0) is 14.8 Å². The standard InChI is InChI=1S/C11H13ClF3NO3S/c1-19-5-4-16(3-2-12)20(17,18)11-9(14)6-8(13)7-10(11)15/h6-7H,2-5H2,1H3. The fraction of sp³-hybridized carbons (Fsp3) is 0.455. The summed E-state index contributed by atoms with van der Waals surface area (Å²) in [4.78, 5) is -1.19. The molecule has 0 amide bonds. The number of benzene rings is 1. The first-order chi connectivity index (χ1) is 9.34. The Bertz CT molecular complexity index is 545. The van der Waals surface area contributed by atoms with Gasteiger partial charge in [0.2, 0.25) is 10.0 Å². The van der Waals surface area contributed by atoms with Crippen LogP contribution in [0.1, 0.15) is 0 Å². The molecule has 0 aromatic heterocycles. The first-order valence-electron chi connectivity index (χ1n) is 5.54. The summed E-state index contributed by atoms with van der Waals surface area (Å²) in [7, 11) is -3.11. The summed E-state index contributed by atoms with van der Waals surface area (Å²) in [5.74, 6) is -4.23. The number of rotatable bonds is 7. The highest BCUT2D eigenvalue weighted by molar-refractivity contribution is 7.89. The number of alkyl halides is 1. The van der Waals surface area contributed by atoms with Crippen molar-refractivity contribution >= 4 is 21.6 Å². The van der Waals surface area contributed by atoms with E-state index in [1.54, 1.807) is 0 Å². The van der Waals surface area contributed by atoms with Crippen LogP contribution in [-0.4, -0.2) is 45.4 Å². The molecule has 0 unspecified atom stereocenters. The van der Waals surface area contributed by atoms with Crippen molar-refractivity contribution in [2.45, 2.75) is 4.90 Å². The quantitative estimate of drug-likeness (QED) is 0.718. The Hall–Kier alpha value is -0.830. The van der Waals surface area contributed by atoms with Crippen molar-refractivity contribution in [3.05, 3.63) is 29.6 Å².